The molecular weight excluding hydrogens is 376 g/mol. The second kappa shape index (κ2) is 7.66. The summed E-state index contributed by atoms with van der Waals surface area (Å²) in [6.45, 7) is 2.17. The molecule has 0 saturated carbocycles. The number of amides is 4. The van der Waals surface area contributed by atoms with Crippen molar-refractivity contribution in [3.63, 3.8) is 0 Å². The minimum Gasteiger partial charge on any atom is -0.396 e. The highest BCUT2D eigenvalue weighted by atomic mass is 16.3. The third-order valence-electron chi connectivity index (χ3n) is 5.98. The van der Waals surface area contributed by atoms with E-state index in [2.05, 4.69) is 10.2 Å². The van der Waals surface area contributed by atoms with Crippen molar-refractivity contribution < 1.29 is 24.3 Å². The topological polar surface area (TPSA) is 133 Å². The van der Waals surface area contributed by atoms with Crippen LogP contribution in [0.25, 0.3) is 0 Å². The molecule has 0 aliphatic carbocycles. The standard InChI is InChI=1S/C20H24N4O5/c21-15-10-23(9-12(15)5-6-25)8-11-1-2-13-14(7-11)20(29)24(19(13)28)16-3-4-17(26)22-18(16)27/h1-2,7,12,15-16,25H,3-6,8-10,21H2,(H,22,26,27)/t12-,15-,16?/m1/s1. The molecule has 29 heavy (non-hydrogen) atoms. The second-order valence-corrected chi connectivity index (χ2v) is 7.96. The fourth-order valence-corrected chi connectivity index (χ4v) is 4.46. The van der Waals surface area contributed by atoms with Crippen molar-refractivity contribution in [2.45, 2.75) is 37.9 Å². The summed E-state index contributed by atoms with van der Waals surface area (Å²) in [6, 6.07) is 4.18. The first kappa shape index (κ1) is 19.7. The molecule has 3 atom stereocenters. The average molecular weight is 400 g/mol. The number of benzene rings is 1. The van der Waals surface area contributed by atoms with Crippen LogP contribution in [0, 0.1) is 5.92 Å². The van der Waals surface area contributed by atoms with E-state index in [4.69, 9.17) is 10.8 Å². The Morgan fingerprint density at radius 3 is 2.59 bits per heavy atom. The third kappa shape index (κ3) is 3.57. The monoisotopic (exact) mass is 400 g/mol. The lowest BCUT2D eigenvalue weighted by Gasteiger charge is -2.27. The van der Waals surface area contributed by atoms with Crippen molar-refractivity contribution in [3.8, 4) is 0 Å². The molecular formula is C20H24N4O5. The van der Waals surface area contributed by atoms with Crippen LogP contribution in [-0.2, 0) is 16.1 Å². The number of carbonyl (C=O) groups excluding carboxylic acids is 4. The number of rotatable bonds is 5. The summed E-state index contributed by atoms with van der Waals surface area (Å²) in [6.07, 6.45) is 0.899. The Hall–Kier alpha value is -2.62. The predicted octanol–water partition coefficient (Wildman–Crippen LogP) is -0.771. The average Bonchev–Trinajstić information content (AvgIpc) is 3.13. The molecule has 9 heteroatoms. The van der Waals surface area contributed by atoms with Gasteiger partial charge in [-0.05, 0) is 36.5 Å². The van der Waals surface area contributed by atoms with E-state index < -0.39 is 29.7 Å². The minimum absolute atomic E-state index is 0.00260. The van der Waals surface area contributed by atoms with Crippen molar-refractivity contribution in [2.75, 3.05) is 19.7 Å². The van der Waals surface area contributed by atoms with Crippen LogP contribution in [0.15, 0.2) is 18.2 Å². The predicted molar refractivity (Wildman–Crippen MR) is 102 cm³/mol. The lowest BCUT2D eigenvalue weighted by atomic mass is 10.0. The van der Waals surface area contributed by atoms with Crippen LogP contribution in [0.5, 0.6) is 0 Å². The molecule has 0 radical (unpaired) electrons. The molecule has 154 valence electrons. The van der Waals surface area contributed by atoms with E-state index in [-0.39, 0.29) is 42.5 Å². The van der Waals surface area contributed by atoms with Gasteiger partial charge in [0.2, 0.25) is 11.8 Å². The van der Waals surface area contributed by atoms with Crippen molar-refractivity contribution in [1.82, 2.24) is 15.1 Å². The van der Waals surface area contributed by atoms with E-state index in [1.165, 1.54) is 0 Å². The maximum absolute atomic E-state index is 12.9. The number of fused-ring (bicyclic) bond motifs is 1. The maximum Gasteiger partial charge on any atom is 0.262 e. The highest BCUT2D eigenvalue weighted by molar-refractivity contribution is 6.23. The zero-order chi connectivity index (χ0) is 20.7. The van der Waals surface area contributed by atoms with Gasteiger partial charge in [-0.1, -0.05) is 6.07 Å². The van der Waals surface area contributed by atoms with Gasteiger partial charge in [0.15, 0.2) is 0 Å². The van der Waals surface area contributed by atoms with Gasteiger partial charge in [-0.2, -0.15) is 0 Å². The van der Waals surface area contributed by atoms with Crippen molar-refractivity contribution in [1.29, 1.82) is 0 Å². The second-order valence-electron chi connectivity index (χ2n) is 7.96. The zero-order valence-corrected chi connectivity index (χ0v) is 16.0. The Balaban J connectivity index is 1.50. The van der Waals surface area contributed by atoms with E-state index in [9.17, 15) is 19.2 Å². The van der Waals surface area contributed by atoms with Crippen LogP contribution in [0.2, 0.25) is 0 Å². The molecule has 4 N–H and O–H groups in total. The normalized spacial score (nSPS) is 27.5. The quantitative estimate of drug-likeness (QED) is 0.553. The number of hydrogen-bond acceptors (Lipinski definition) is 7. The van der Waals surface area contributed by atoms with Gasteiger partial charge < -0.3 is 10.8 Å². The number of carbonyl (C=O) groups is 4. The van der Waals surface area contributed by atoms with Gasteiger partial charge in [0, 0.05) is 38.7 Å². The molecule has 0 spiro atoms. The minimum atomic E-state index is -0.959. The molecule has 1 aromatic rings. The fourth-order valence-electron chi connectivity index (χ4n) is 4.46. The largest absolute Gasteiger partial charge is 0.396 e. The molecule has 0 aromatic heterocycles. The molecule has 3 heterocycles. The Labute approximate surface area is 167 Å². The molecule has 4 amide bonds. The van der Waals surface area contributed by atoms with Crippen molar-refractivity contribution in [2.24, 2.45) is 11.7 Å². The number of aliphatic hydroxyl groups is 1. The van der Waals surface area contributed by atoms with E-state index >= 15 is 0 Å². The number of piperidine rings is 1. The molecule has 2 fully saturated rings. The smallest absolute Gasteiger partial charge is 0.262 e. The van der Waals surface area contributed by atoms with Gasteiger partial charge in [0.25, 0.3) is 11.8 Å². The SMILES string of the molecule is N[C@@H]1CN(Cc2ccc3c(c2)C(=O)N(C2CCC(=O)NC2=O)C3=O)C[C@H]1CCO. The van der Waals surface area contributed by atoms with E-state index in [0.29, 0.717) is 19.5 Å². The number of imide groups is 2. The van der Waals surface area contributed by atoms with Crippen LogP contribution in [-0.4, -0.2) is 70.3 Å². The van der Waals surface area contributed by atoms with Gasteiger partial charge >= 0.3 is 0 Å². The summed E-state index contributed by atoms with van der Waals surface area (Å²) in [5.41, 5.74) is 7.59. The van der Waals surface area contributed by atoms with Crippen molar-refractivity contribution in [3.05, 3.63) is 34.9 Å². The number of nitrogens with zero attached hydrogens (tertiary/aromatic N) is 2. The lowest BCUT2D eigenvalue weighted by Crippen LogP contribution is -2.54. The third-order valence-corrected chi connectivity index (χ3v) is 5.98. The van der Waals surface area contributed by atoms with Gasteiger partial charge in [-0.3, -0.25) is 34.3 Å². The molecule has 0 bridgehead atoms. The van der Waals surface area contributed by atoms with E-state index in [1.807, 2.05) is 6.07 Å². The number of aliphatic hydroxyl groups excluding tert-OH is 1. The highest BCUT2D eigenvalue weighted by Gasteiger charge is 2.44. The number of hydrogen-bond donors (Lipinski definition) is 3. The Morgan fingerprint density at radius 2 is 1.86 bits per heavy atom. The Morgan fingerprint density at radius 1 is 1.10 bits per heavy atom. The van der Waals surface area contributed by atoms with Crippen LogP contribution in [0.4, 0.5) is 0 Å². The molecule has 1 unspecified atom stereocenters. The molecule has 3 aliphatic rings. The fraction of sp³-hybridized carbons (Fsp3) is 0.500. The summed E-state index contributed by atoms with van der Waals surface area (Å²) in [4.78, 5) is 52.3. The van der Waals surface area contributed by atoms with Crippen molar-refractivity contribution >= 4 is 23.6 Å². The van der Waals surface area contributed by atoms with Gasteiger partial charge in [-0.15, -0.1) is 0 Å². The van der Waals surface area contributed by atoms with Crippen LogP contribution in [0.1, 0.15) is 45.5 Å². The summed E-state index contributed by atoms with van der Waals surface area (Å²) < 4.78 is 0. The van der Waals surface area contributed by atoms with E-state index in [0.717, 1.165) is 17.0 Å². The first-order valence-electron chi connectivity index (χ1n) is 9.82. The summed E-state index contributed by atoms with van der Waals surface area (Å²) in [5.74, 6) is -1.78. The Kier molecular flexibility index (Phi) is 5.20. The van der Waals surface area contributed by atoms with Crippen LogP contribution >= 0.6 is 0 Å². The molecule has 9 nitrogen and oxygen atoms in total. The maximum atomic E-state index is 12.9. The van der Waals surface area contributed by atoms with Gasteiger partial charge in [0.05, 0.1) is 11.1 Å². The zero-order valence-electron chi connectivity index (χ0n) is 16.0. The van der Waals surface area contributed by atoms with Crippen LogP contribution in [0.3, 0.4) is 0 Å². The van der Waals surface area contributed by atoms with Gasteiger partial charge in [-0.25, -0.2) is 0 Å². The first-order chi connectivity index (χ1) is 13.9. The lowest BCUT2D eigenvalue weighted by molar-refractivity contribution is -0.136. The van der Waals surface area contributed by atoms with E-state index in [1.54, 1.807) is 12.1 Å². The molecule has 3 aliphatic heterocycles. The first-order valence-corrected chi connectivity index (χ1v) is 9.82. The molecule has 1 aromatic carbocycles. The number of likely N-dealkylation sites (tertiary alicyclic amines) is 1. The summed E-state index contributed by atoms with van der Waals surface area (Å²) >= 11 is 0. The van der Waals surface area contributed by atoms with Gasteiger partial charge in [0.1, 0.15) is 6.04 Å². The van der Waals surface area contributed by atoms with Crippen LogP contribution < -0.4 is 11.1 Å². The summed E-state index contributed by atoms with van der Waals surface area (Å²) in [7, 11) is 0. The molecule has 2 saturated heterocycles. The highest BCUT2D eigenvalue weighted by Crippen LogP contribution is 2.29. The number of nitrogens with two attached hydrogens (primary N) is 1. The molecule has 4 rings (SSSR count). The summed E-state index contributed by atoms with van der Waals surface area (Å²) in [5, 5.41) is 11.3. The Bertz CT molecular complexity index is 886. The number of nitrogens with one attached hydrogen (secondary N) is 1.